The number of likely N-dealkylation sites (N-methyl/N-ethyl adjacent to an activating group) is 1. The Morgan fingerprint density at radius 1 is 1.10 bits per heavy atom. The molecule has 11 heteroatoms. The van der Waals surface area contributed by atoms with E-state index in [0.717, 1.165) is 80.3 Å². The van der Waals surface area contributed by atoms with Gasteiger partial charge in [-0.25, -0.2) is 9.98 Å². The smallest absolute Gasteiger partial charge is 0.251 e. The van der Waals surface area contributed by atoms with Crippen molar-refractivity contribution >= 4 is 41.6 Å². The lowest BCUT2D eigenvalue weighted by atomic mass is 9.79. The van der Waals surface area contributed by atoms with Crippen LogP contribution in [0.3, 0.4) is 0 Å². The van der Waals surface area contributed by atoms with E-state index in [1.54, 1.807) is 26.4 Å². The summed E-state index contributed by atoms with van der Waals surface area (Å²) in [7, 11) is 7.51. The lowest BCUT2D eigenvalue weighted by Gasteiger charge is -2.32. The molecule has 3 heterocycles. The van der Waals surface area contributed by atoms with Gasteiger partial charge in [0.2, 0.25) is 0 Å². The average molecular weight is 676 g/mol. The molecule has 1 aliphatic carbocycles. The van der Waals surface area contributed by atoms with Crippen LogP contribution in [-0.4, -0.2) is 110 Å². The fourth-order valence-corrected chi connectivity index (χ4v) is 7.21. The highest BCUT2D eigenvalue weighted by Gasteiger charge is 2.30. The minimum Gasteiger partial charge on any atom is -0.494 e. The number of nitrogens with zero attached hydrogens (tertiary/aromatic N) is 7. The maximum atomic E-state index is 13.0. The number of carbonyl (C=O) groups is 1. The van der Waals surface area contributed by atoms with E-state index in [0.29, 0.717) is 30.0 Å². The molecule has 6 rings (SSSR count). The number of hydrogen-bond donors (Lipinski definition) is 2. The van der Waals surface area contributed by atoms with Crippen LogP contribution in [0.2, 0.25) is 0 Å². The van der Waals surface area contributed by atoms with Crippen LogP contribution in [-0.2, 0) is 13.5 Å². The average Bonchev–Trinajstić information content (AvgIpc) is 3.46. The summed E-state index contributed by atoms with van der Waals surface area (Å²) < 4.78 is 7.71. The number of allylic oxidation sites excluding steroid dienone is 2. The number of methoxy groups -OCH3 is 1. The number of ether oxygens (including phenoxy) is 1. The number of amides is 1. The molecule has 2 unspecified atom stereocenters. The second-order valence-corrected chi connectivity index (χ2v) is 13.5. The van der Waals surface area contributed by atoms with Gasteiger partial charge in [-0.3, -0.25) is 19.4 Å². The molecule has 0 saturated carbocycles. The zero-order chi connectivity index (χ0) is 35.2. The maximum Gasteiger partial charge on any atom is 0.251 e. The first-order chi connectivity index (χ1) is 24.3. The van der Waals surface area contributed by atoms with Crippen LogP contribution >= 0.6 is 0 Å². The van der Waals surface area contributed by atoms with Crippen molar-refractivity contribution < 1.29 is 9.53 Å². The molecule has 3 aliphatic rings. The first-order valence-electron chi connectivity index (χ1n) is 17.6. The third-order valence-corrected chi connectivity index (χ3v) is 10.1. The van der Waals surface area contributed by atoms with Crippen LogP contribution in [0, 0.1) is 11.3 Å². The molecule has 1 amide bonds. The molecule has 11 nitrogen and oxygen atoms in total. The quantitative estimate of drug-likeness (QED) is 0.277. The van der Waals surface area contributed by atoms with E-state index in [1.165, 1.54) is 22.9 Å². The molecule has 1 saturated heterocycles. The maximum absolute atomic E-state index is 13.0. The topological polar surface area (TPSA) is 124 Å². The zero-order valence-electron chi connectivity index (χ0n) is 29.9. The van der Waals surface area contributed by atoms with Gasteiger partial charge in [-0.2, -0.15) is 5.10 Å². The minimum absolute atomic E-state index is 0.113. The molecule has 1 fully saturated rings. The van der Waals surface area contributed by atoms with E-state index in [1.807, 2.05) is 30.1 Å². The molecule has 2 N–H and O–H groups in total. The Hall–Kier alpha value is -4.74. The minimum atomic E-state index is -0.138. The number of aliphatic imine (C=N–C) groups is 3. The number of fused-ring (bicyclic) bond motifs is 2. The van der Waals surface area contributed by atoms with E-state index >= 15 is 0 Å². The van der Waals surface area contributed by atoms with Crippen molar-refractivity contribution in [2.45, 2.75) is 38.5 Å². The van der Waals surface area contributed by atoms with Gasteiger partial charge in [0.25, 0.3) is 5.91 Å². The third-order valence-electron chi connectivity index (χ3n) is 10.1. The number of amidine groups is 1. The first kappa shape index (κ1) is 35.1. The third kappa shape index (κ3) is 7.69. The highest BCUT2D eigenvalue weighted by atomic mass is 16.5. The summed E-state index contributed by atoms with van der Waals surface area (Å²) >= 11 is 0. The number of benzene rings is 2. The number of aryl methyl sites for hydroxylation is 2. The van der Waals surface area contributed by atoms with Crippen LogP contribution in [0.15, 0.2) is 63.0 Å². The van der Waals surface area contributed by atoms with Crippen LogP contribution in [0.5, 0.6) is 5.75 Å². The van der Waals surface area contributed by atoms with Crippen molar-refractivity contribution in [3.05, 3.63) is 70.4 Å². The Kier molecular flexibility index (Phi) is 11.1. The summed E-state index contributed by atoms with van der Waals surface area (Å²) in [6.07, 6.45) is 8.52. The molecular formula is C39H49N9O2. The number of rotatable bonds is 10. The predicted molar refractivity (Wildman–Crippen MR) is 203 cm³/mol. The molecule has 0 spiro atoms. The number of piperazine rings is 1. The number of hydrogen-bond acceptors (Lipinski definition) is 8. The first-order valence-corrected chi connectivity index (χ1v) is 17.6. The van der Waals surface area contributed by atoms with Crippen molar-refractivity contribution in [2.24, 2.45) is 27.9 Å². The van der Waals surface area contributed by atoms with Crippen LogP contribution < -0.4 is 10.1 Å². The van der Waals surface area contributed by atoms with Crippen LogP contribution in [0.1, 0.15) is 59.3 Å². The van der Waals surface area contributed by atoms with Gasteiger partial charge in [0, 0.05) is 95.1 Å². The van der Waals surface area contributed by atoms with Crippen molar-refractivity contribution in [3.63, 3.8) is 0 Å². The molecule has 3 aromatic rings. The van der Waals surface area contributed by atoms with E-state index in [9.17, 15) is 4.79 Å². The highest BCUT2D eigenvalue weighted by Crippen LogP contribution is 2.43. The summed E-state index contributed by atoms with van der Waals surface area (Å²) in [6, 6.07) is 13.9. The second-order valence-electron chi connectivity index (χ2n) is 13.5. The van der Waals surface area contributed by atoms with E-state index in [-0.39, 0.29) is 17.7 Å². The lowest BCUT2D eigenvalue weighted by molar-refractivity contribution is 0.0940. The fraction of sp³-hybridized carbons (Fsp3) is 0.436. The van der Waals surface area contributed by atoms with E-state index in [4.69, 9.17) is 25.2 Å². The Morgan fingerprint density at radius 3 is 2.60 bits per heavy atom. The predicted octanol–water partition coefficient (Wildman–Crippen LogP) is 5.44. The van der Waals surface area contributed by atoms with Gasteiger partial charge in [0.1, 0.15) is 17.3 Å². The summed E-state index contributed by atoms with van der Waals surface area (Å²) in [4.78, 5) is 31.7. The van der Waals surface area contributed by atoms with Crippen molar-refractivity contribution in [2.75, 3.05) is 60.5 Å². The van der Waals surface area contributed by atoms with Crippen LogP contribution in [0.25, 0.3) is 16.8 Å². The molecular weight excluding hydrogens is 626 g/mol. The van der Waals surface area contributed by atoms with Gasteiger partial charge in [-0.15, -0.1) is 0 Å². The summed E-state index contributed by atoms with van der Waals surface area (Å²) in [5, 5.41) is 15.8. The van der Waals surface area contributed by atoms with E-state index < -0.39 is 0 Å². The van der Waals surface area contributed by atoms with Gasteiger partial charge in [-0.05, 0) is 67.1 Å². The lowest BCUT2D eigenvalue weighted by Crippen LogP contribution is -2.46. The van der Waals surface area contributed by atoms with Gasteiger partial charge in [-0.1, -0.05) is 31.2 Å². The molecule has 0 radical (unpaired) electrons. The van der Waals surface area contributed by atoms with Gasteiger partial charge in [0.05, 0.1) is 24.4 Å². The Bertz CT molecular complexity index is 1830. The van der Waals surface area contributed by atoms with Crippen molar-refractivity contribution in [1.82, 2.24) is 24.9 Å². The van der Waals surface area contributed by atoms with Gasteiger partial charge >= 0.3 is 0 Å². The molecule has 262 valence electrons. The van der Waals surface area contributed by atoms with E-state index in [2.05, 4.69) is 58.3 Å². The Labute approximate surface area is 295 Å². The van der Waals surface area contributed by atoms with Gasteiger partial charge in [0.15, 0.2) is 0 Å². The zero-order valence-corrected chi connectivity index (χ0v) is 29.9. The van der Waals surface area contributed by atoms with Gasteiger partial charge < -0.3 is 20.4 Å². The summed E-state index contributed by atoms with van der Waals surface area (Å²) in [5.74, 6) is 1.32. The Balaban J connectivity index is 1.21. The molecule has 2 aliphatic heterocycles. The van der Waals surface area contributed by atoms with Crippen molar-refractivity contribution in [3.8, 4) is 17.0 Å². The van der Waals surface area contributed by atoms with Crippen molar-refractivity contribution in [1.29, 1.82) is 5.41 Å². The molecule has 0 bridgehead atoms. The highest BCUT2D eigenvalue weighted by molar-refractivity contribution is 6.03. The van der Waals surface area contributed by atoms with Crippen LogP contribution in [0.4, 0.5) is 5.69 Å². The Morgan fingerprint density at radius 2 is 1.88 bits per heavy atom. The largest absolute Gasteiger partial charge is 0.494 e. The molecule has 2 atom stereocenters. The second kappa shape index (κ2) is 15.9. The molecule has 1 aromatic heterocycles. The summed E-state index contributed by atoms with van der Waals surface area (Å²) in [5.41, 5.74) is 9.35. The fourth-order valence-electron chi connectivity index (χ4n) is 7.21. The standard InChI is InChI=1S/C39H49N9O2/c1-26-6-15-35(44-32-13-11-29(22-34(32)50-5)39(49)42-16-17-48-20-18-46(3)19-21-48)43-25-30-12-14-33-37(36(26)30)38(47(4)45-33)28-9-7-27(8-10-28)31(23-40)24-41-2/h7-11,13,22-26,31,40H,6,12,14-21H2,1-5H3,(H,42,49). The number of nitrogens with one attached hydrogen (secondary N) is 2. The summed E-state index contributed by atoms with van der Waals surface area (Å²) in [6.45, 7) is 7.91. The normalized spacial score (nSPS) is 19.9. The monoisotopic (exact) mass is 675 g/mol. The number of aromatic nitrogens is 2. The molecule has 50 heavy (non-hydrogen) atoms. The molecule has 2 aromatic carbocycles. The number of carbonyl (C=O) groups excluding carboxylic acids is 1. The SMILES string of the molecule is CN=CC(C=N)c1ccc(-c2c3c(nn2C)CCC2=C3C(C)CCC(=Nc3ccc(C(=O)NCCN4CCN(C)CC4)cc3OC)N=C2)cc1.